The average Bonchev–Trinajstić information content (AvgIpc) is 3.21. The lowest BCUT2D eigenvalue weighted by Crippen LogP contribution is -2.45. The van der Waals surface area contributed by atoms with Gasteiger partial charge in [0, 0.05) is 6.42 Å². The maximum Gasteiger partial charge on any atom is 0.472 e. The van der Waals surface area contributed by atoms with Crippen LogP contribution in [0.3, 0.4) is 0 Å². The van der Waals surface area contributed by atoms with Crippen LogP contribution < -0.4 is 5.32 Å². The van der Waals surface area contributed by atoms with Crippen molar-refractivity contribution in [1.29, 1.82) is 0 Å². The van der Waals surface area contributed by atoms with Crippen LogP contribution in [-0.4, -0.2) is 73.4 Å². The summed E-state index contributed by atoms with van der Waals surface area (Å²) in [4.78, 5) is 23.0. The Kier molecular flexibility index (Phi) is 41.3. The largest absolute Gasteiger partial charge is 0.472 e. The number of unbranched alkanes of at least 4 members (excludes halogenated alkanes) is 18. The molecule has 0 aliphatic rings. The number of hydrogen-bond acceptors (Lipinski definition) is 5. The van der Waals surface area contributed by atoms with Crippen LogP contribution in [-0.2, 0) is 18.4 Å². The predicted molar refractivity (Wildman–Crippen MR) is 263 cm³/mol. The van der Waals surface area contributed by atoms with Gasteiger partial charge >= 0.3 is 7.82 Å². The molecule has 8 nitrogen and oxygen atoms in total. The molecule has 352 valence electrons. The number of nitrogens with zero attached hydrogens (tertiary/aromatic N) is 1. The first-order valence-corrected chi connectivity index (χ1v) is 26.0. The van der Waals surface area contributed by atoms with Gasteiger partial charge in [-0.1, -0.05) is 195 Å². The average molecular weight is 874 g/mol. The highest BCUT2D eigenvalue weighted by Gasteiger charge is 2.27. The zero-order chi connectivity index (χ0) is 45.0. The van der Waals surface area contributed by atoms with E-state index in [9.17, 15) is 19.4 Å². The molecule has 3 N–H and O–H groups in total. The van der Waals surface area contributed by atoms with Crippen LogP contribution in [0.5, 0.6) is 0 Å². The van der Waals surface area contributed by atoms with Crippen LogP contribution in [0.1, 0.15) is 187 Å². The molecular weight excluding hydrogens is 780 g/mol. The normalized spacial score (nSPS) is 14.9. The van der Waals surface area contributed by atoms with Gasteiger partial charge in [0.25, 0.3) is 0 Å². The Morgan fingerprint density at radius 2 is 0.984 bits per heavy atom. The van der Waals surface area contributed by atoms with Crippen molar-refractivity contribution in [2.24, 2.45) is 0 Å². The Morgan fingerprint density at radius 3 is 1.44 bits per heavy atom. The summed E-state index contributed by atoms with van der Waals surface area (Å²) in [5.41, 5.74) is 0. The summed E-state index contributed by atoms with van der Waals surface area (Å²) in [6, 6.07) is -0.846. The van der Waals surface area contributed by atoms with Crippen LogP contribution in [0.2, 0.25) is 0 Å². The van der Waals surface area contributed by atoms with Crippen LogP contribution in [0.25, 0.3) is 0 Å². The molecule has 0 radical (unpaired) electrons. The molecule has 3 atom stereocenters. The second-order valence-corrected chi connectivity index (χ2v) is 18.9. The van der Waals surface area contributed by atoms with Crippen molar-refractivity contribution in [2.45, 2.75) is 199 Å². The summed E-state index contributed by atoms with van der Waals surface area (Å²) in [6.45, 7) is 4.60. The molecule has 0 rings (SSSR count). The van der Waals surface area contributed by atoms with Crippen molar-refractivity contribution in [3.05, 3.63) is 85.1 Å². The number of rotatable bonds is 43. The van der Waals surface area contributed by atoms with Crippen molar-refractivity contribution >= 4 is 13.7 Å². The molecule has 61 heavy (non-hydrogen) atoms. The lowest BCUT2D eigenvalue weighted by atomic mass is 10.0. The van der Waals surface area contributed by atoms with Gasteiger partial charge in [0.15, 0.2) is 0 Å². The van der Waals surface area contributed by atoms with E-state index in [0.29, 0.717) is 17.4 Å². The van der Waals surface area contributed by atoms with Gasteiger partial charge in [0.1, 0.15) is 13.2 Å². The van der Waals surface area contributed by atoms with E-state index in [-0.39, 0.29) is 19.1 Å². The summed E-state index contributed by atoms with van der Waals surface area (Å²) in [7, 11) is 1.56. The molecule has 9 heteroatoms. The third-order valence-corrected chi connectivity index (χ3v) is 11.4. The minimum Gasteiger partial charge on any atom is -0.387 e. The molecule has 3 unspecified atom stereocenters. The number of aliphatic hydroxyl groups excluding tert-OH is 1. The Morgan fingerprint density at radius 1 is 0.574 bits per heavy atom. The van der Waals surface area contributed by atoms with Crippen LogP contribution >= 0.6 is 7.82 Å². The lowest BCUT2D eigenvalue weighted by Gasteiger charge is -2.25. The highest BCUT2D eigenvalue weighted by molar-refractivity contribution is 7.47. The van der Waals surface area contributed by atoms with E-state index in [4.69, 9.17) is 9.05 Å². The van der Waals surface area contributed by atoms with E-state index in [1.54, 1.807) is 6.08 Å². The number of amides is 1. The summed E-state index contributed by atoms with van der Waals surface area (Å²) < 4.78 is 23.4. The van der Waals surface area contributed by atoms with E-state index < -0.39 is 20.0 Å². The Labute approximate surface area is 376 Å². The van der Waals surface area contributed by atoms with Gasteiger partial charge in [-0.25, -0.2) is 4.57 Å². The maximum absolute atomic E-state index is 12.8. The standard InChI is InChI=1S/C52H93N2O6P/c1-6-8-10-12-14-15-16-17-18-19-20-21-22-23-24-25-26-27-28-29-30-31-32-33-34-35-36-37-38-39-40-42-44-46-52(56)53-50(51(55)45-43-41-13-11-9-7-2)49-60-61(57,58)59-48-47-54(3,4)5/h8,10,14-15,17-18,20-21,23-24,26-27,43,45,50-51,55H,6-7,9,11-13,16,19,22,25,28-42,44,46-49H2,1-5H3,(H-,53,56,57,58)/p+1/b10-8-,15-14-,18-17-,21-20-,24-23-,27-26-,45-43+. The molecule has 0 saturated carbocycles. The number of likely N-dealkylation sites (N-methyl/N-ethyl adjacent to an activating group) is 1. The molecule has 0 aliphatic heterocycles. The molecular formula is C52H94N2O6P+. The van der Waals surface area contributed by atoms with Gasteiger partial charge in [-0.2, -0.15) is 0 Å². The highest BCUT2D eigenvalue weighted by atomic mass is 31.2. The van der Waals surface area contributed by atoms with Crippen molar-refractivity contribution in [1.82, 2.24) is 5.32 Å². The van der Waals surface area contributed by atoms with Crippen molar-refractivity contribution < 1.29 is 32.9 Å². The summed E-state index contributed by atoms with van der Waals surface area (Å²) >= 11 is 0. The smallest absolute Gasteiger partial charge is 0.387 e. The molecule has 0 fully saturated rings. The zero-order valence-electron chi connectivity index (χ0n) is 39.9. The van der Waals surface area contributed by atoms with E-state index in [0.717, 1.165) is 83.5 Å². The van der Waals surface area contributed by atoms with Gasteiger partial charge in [-0.3, -0.25) is 13.8 Å². The van der Waals surface area contributed by atoms with E-state index in [2.05, 4.69) is 92.1 Å². The second-order valence-electron chi connectivity index (χ2n) is 17.5. The second kappa shape index (κ2) is 43.0. The van der Waals surface area contributed by atoms with Crippen LogP contribution in [0.15, 0.2) is 85.1 Å². The minimum absolute atomic E-state index is 0.0578. The molecule has 0 aromatic carbocycles. The van der Waals surface area contributed by atoms with Gasteiger partial charge in [0.2, 0.25) is 5.91 Å². The molecule has 0 spiro atoms. The molecule has 0 heterocycles. The summed E-state index contributed by atoms with van der Waals surface area (Å²) in [6.07, 6.45) is 59.9. The zero-order valence-corrected chi connectivity index (χ0v) is 40.8. The van der Waals surface area contributed by atoms with Crippen molar-refractivity contribution in [3.8, 4) is 0 Å². The van der Waals surface area contributed by atoms with Gasteiger partial charge in [0.05, 0.1) is 39.9 Å². The first-order valence-electron chi connectivity index (χ1n) is 24.5. The maximum atomic E-state index is 12.8. The number of phosphoric acid groups is 1. The molecule has 0 aromatic rings. The third kappa shape index (κ3) is 45.5. The number of carbonyl (C=O) groups is 1. The van der Waals surface area contributed by atoms with Gasteiger partial charge in [-0.15, -0.1) is 0 Å². The molecule has 1 amide bonds. The van der Waals surface area contributed by atoms with Crippen molar-refractivity contribution in [3.63, 3.8) is 0 Å². The molecule has 0 saturated heterocycles. The van der Waals surface area contributed by atoms with Crippen molar-refractivity contribution in [2.75, 3.05) is 40.9 Å². The number of aliphatic hydroxyl groups is 1. The fraction of sp³-hybridized carbons (Fsp3) is 0.712. The van der Waals surface area contributed by atoms with E-state index in [1.165, 1.54) is 83.5 Å². The third-order valence-electron chi connectivity index (χ3n) is 10.4. The Bertz CT molecular complexity index is 1260. The van der Waals surface area contributed by atoms with Crippen LogP contribution in [0, 0.1) is 0 Å². The fourth-order valence-electron chi connectivity index (χ4n) is 6.51. The number of carbonyl (C=O) groups excluding carboxylic acids is 1. The quantitative estimate of drug-likeness (QED) is 0.0244. The number of quaternary nitrogens is 1. The fourth-order valence-corrected chi connectivity index (χ4v) is 7.25. The first-order chi connectivity index (χ1) is 29.5. The number of hydrogen-bond donors (Lipinski definition) is 3. The molecule has 0 bridgehead atoms. The van der Waals surface area contributed by atoms with Crippen LogP contribution in [0.4, 0.5) is 0 Å². The topological polar surface area (TPSA) is 105 Å². The molecule has 0 aliphatic carbocycles. The predicted octanol–water partition coefficient (Wildman–Crippen LogP) is 14.1. The van der Waals surface area contributed by atoms with Gasteiger partial charge in [-0.05, 0) is 70.6 Å². The summed E-state index contributed by atoms with van der Waals surface area (Å²) in [5.74, 6) is -0.187. The van der Waals surface area contributed by atoms with E-state index >= 15 is 0 Å². The van der Waals surface area contributed by atoms with Gasteiger partial charge < -0.3 is 19.8 Å². The first kappa shape index (κ1) is 58.7. The minimum atomic E-state index is -4.33. The SMILES string of the molecule is CC/C=C\C/C=C\C/C=C\C/C=C\C/C=C\C/C=C\CCCCCCCCCCCCCCCCC(=O)NC(COP(=O)(O)OCC[N+](C)(C)C)C(O)/C=C/CCCCCC. The number of nitrogens with one attached hydrogen (secondary N) is 1. The summed E-state index contributed by atoms with van der Waals surface area (Å²) in [5, 5.41) is 13.7. The van der Waals surface area contributed by atoms with E-state index in [1.807, 2.05) is 27.2 Å². The molecule has 0 aromatic heterocycles. The lowest BCUT2D eigenvalue weighted by molar-refractivity contribution is -0.870. The Hall–Kier alpha value is -2.32. The number of allylic oxidation sites excluding steroid dienone is 13. The number of phosphoric ester groups is 1. The Balaban J connectivity index is 3.94. The monoisotopic (exact) mass is 874 g/mol. The highest BCUT2D eigenvalue weighted by Crippen LogP contribution is 2.43.